The minimum atomic E-state index is -1.85. The van der Waals surface area contributed by atoms with E-state index >= 15 is 0 Å². The Balaban J connectivity index is 2.33. The van der Waals surface area contributed by atoms with Crippen LogP contribution in [0.1, 0.15) is 11.8 Å². The third-order valence-corrected chi connectivity index (χ3v) is 2.51. The second-order valence-electron chi connectivity index (χ2n) is 2.84. The molecule has 2 aromatic heterocycles. The van der Waals surface area contributed by atoms with Crippen molar-refractivity contribution in [1.29, 1.82) is 0 Å². The minimum Gasteiger partial charge on any atom is -0.334 e. The third kappa shape index (κ3) is 3.12. The Labute approximate surface area is 129 Å². The average molecular weight is 373 g/mol. The Bertz CT molecular complexity index is 505. The van der Waals surface area contributed by atoms with E-state index in [2.05, 4.69) is 20.3 Å². The molecule has 0 bridgehead atoms. The van der Waals surface area contributed by atoms with Gasteiger partial charge < -0.3 is 9.05 Å². The maximum absolute atomic E-state index is 5.54. The Morgan fingerprint density at radius 3 is 1.22 bits per heavy atom. The molecule has 0 atom stereocenters. The van der Waals surface area contributed by atoms with Gasteiger partial charge in [0.15, 0.2) is 0 Å². The molecule has 0 unspecified atom stereocenters. The number of halogens is 6. The van der Waals surface area contributed by atoms with Crippen molar-refractivity contribution in [3.63, 3.8) is 0 Å². The van der Waals surface area contributed by atoms with Crippen molar-refractivity contribution in [2.75, 3.05) is 0 Å². The highest BCUT2D eigenvalue weighted by Crippen LogP contribution is 2.39. The van der Waals surface area contributed by atoms with Gasteiger partial charge in [0, 0.05) is 0 Å². The fourth-order valence-corrected chi connectivity index (χ4v) is 1.32. The van der Waals surface area contributed by atoms with Crippen molar-refractivity contribution in [3.8, 4) is 11.6 Å². The Morgan fingerprint density at radius 2 is 1.00 bits per heavy atom. The molecule has 98 valence electrons. The predicted molar refractivity (Wildman–Crippen MR) is 66.1 cm³/mol. The lowest BCUT2D eigenvalue weighted by molar-refractivity contribution is 0.377. The summed E-state index contributed by atoms with van der Waals surface area (Å²) in [5.74, 6) is -0.633. The molecule has 0 aliphatic carbocycles. The highest BCUT2D eigenvalue weighted by Gasteiger charge is 2.34. The number of hydrogen-bond donors (Lipinski definition) is 0. The summed E-state index contributed by atoms with van der Waals surface area (Å²) in [6.07, 6.45) is 0. The molecular formula is C6Cl6N4O2. The van der Waals surface area contributed by atoms with Gasteiger partial charge in [0.2, 0.25) is 11.6 Å². The molecule has 0 fully saturated rings. The number of aromatic nitrogens is 4. The van der Waals surface area contributed by atoms with Crippen molar-refractivity contribution in [2.24, 2.45) is 0 Å². The number of nitrogens with zero attached hydrogens (tertiary/aromatic N) is 4. The van der Waals surface area contributed by atoms with Gasteiger partial charge in [0.25, 0.3) is 19.4 Å². The molecule has 0 saturated heterocycles. The summed E-state index contributed by atoms with van der Waals surface area (Å²) >= 11 is 33.3. The molecule has 0 spiro atoms. The van der Waals surface area contributed by atoms with E-state index in [0.717, 1.165) is 0 Å². The van der Waals surface area contributed by atoms with Crippen LogP contribution in [0.2, 0.25) is 0 Å². The molecule has 6 nitrogen and oxygen atoms in total. The number of hydrogen-bond acceptors (Lipinski definition) is 6. The summed E-state index contributed by atoms with van der Waals surface area (Å²) < 4.78 is 5.69. The van der Waals surface area contributed by atoms with Crippen LogP contribution in [0.5, 0.6) is 0 Å². The van der Waals surface area contributed by atoms with E-state index in [1.54, 1.807) is 0 Å². The van der Waals surface area contributed by atoms with Crippen LogP contribution in [0, 0.1) is 0 Å². The first-order valence-electron chi connectivity index (χ1n) is 4.00. The molecular weight excluding hydrogens is 373 g/mol. The normalized spacial score (nSPS) is 13.0. The van der Waals surface area contributed by atoms with E-state index < -0.39 is 7.59 Å². The zero-order valence-corrected chi connectivity index (χ0v) is 12.4. The van der Waals surface area contributed by atoms with Crippen molar-refractivity contribution in [1.82, 2.24) is 20.3 Å². The molecule has 12 heteroatoms. The Kier molecular flexibility index (Phi) is 3.89. The highest BCUT2D eigenvalue weighted by molar-refractivity contribution is 6.66. The van der Waals surface area contributed by atoms with Crippen LogP contribution in [-0.2, 0) is 7.59 Å². The van der Waals surface area contributed by atoms with Gasteiger partial charge in [0.05, 0.1) is 0 Å². The average Bonchev–Trinajstić information content (AvgIpc) is 2.84. The molecule has 0 N–H and O–H groups in total. The largest absolute Gasteiger partial charge is 0.334 e. The molecule has 0 aromatic carbocycles. The van der Waals surface area contributed by atoms with Gasteiger partial charge in [-0.05, 0) is 0 Å². The second-order valence-corrected chi connectivity index (χ2v) is 7.40. The quantitative estimate of drug-likeness (QED) is 0.709. The van der Waals surface area contributed by atoms with E-state index in [-0.39, 0.29) is 23.4 Å². The Hall–Kier alpha value is 0.0200. The summed E-state index contributed by atoms with van der Waals surface area (Å²) in [6, 6.07) is 0. The highest BCUT2D eigenvalue weighted by atomic mass is 35.6. The third-order valence-electron chi connectivity index (χ3n) is 1.54. The Morgan fingerprint density at radius 1 is 0.667 bits per heavy atom. The van der Waals surface area contributed by atoms with Crippen LogP contribution in [0.4, 0.5) is 0 Å². The van der Waals surface area contributed by atoms with E-state index in [9.17, 15) is 0 Å². The van der Waals surface area contributed by atoms with Crippen molar-refractivity contribution in [2.45, 2.75) is 7.59 Å². The summed E-state index contributed by atoms with van der Waals surface area (Å²) in [5, 5.41) is 6.99. The molecule has 0 radical (unpaired) electrons. The molecule has 0 aliphatic rings. The van der Waals surface area contributed by atoms with Crippen LogP contribution in [0.15, 0.2) is 9.05 Å². The first-order valence-corrected chi connectivity index (χ1v) is 6.27. The number of alkyl halides is 6. The fraction of sp³-hybridized carbons (Fsp3) is 0.333. The van der Waals surface area contributed by atoms with Crippen LogP contribution < -0.4 is 0 Å². The van der Waals surface area contributed by atoms with Gasteiger partial charge in [-0.2, -0.15) is 9.97 Å². The minimum absolute atomic E-state index is 0.0689. The summed E-state index contributed by atoms with van der Waals surface area (Å²) in [7, 11) is 0. The van der Waals surface area contributed by atoms with Gasteiger partial charge in [-0.1, -0.05) is 79.9 Å². The monoisotopic (exact) mass is 370 g/mol. The maximum Gasteiger partial charge on any atom is 0.279 e. The van der Waals surface area contributed by atoms with Gasteiger partial charge in [0.1, 0.15) is 0 Å². The molecule has 2 heterocycles. The van der Waals surface area contributed by atoms with E-state index in [0.29, 0.717) is 0 Å². The van der Waals surface area contributed by atoms with Crippen LogP contribution in [0.25, 0.3) is 11.6 Å². The van der Waals surface area contributed by atoms with Crippen LogP contribution in [-0.4, -0.2) is 20.3 Å². The molecule has 2 aromatic rings. The molecule has 0 saturated carbocycles. The predicted octanol–water partition coefficient (Wildman–Crippen LogP) is 3.77. The van der Waals surface area contributed by atoms with Crippen molar-refractivity contribution < 1.29 is 9.05 Å². The van der Waals surface area contributed by atoms with E-state index in [1.165, 1.54) is 0 Å². The smallest absolute Gasteiger partial charge is 0.279 e. The van der Waals surface area contributed by atoms with E-state index in [1.807, 2.05) is 0 Å². The van der Waals surface area contributed by atoms with Crippen LogP contribution in [0.3, 0.4) is 0 Å². The van der Waals surface area contributed by atoms with Gasteiger partial charge >= 0.3 is 0 Å². The molecule has 0 amide bonds. The fourth-order valence-electron chi connectivity index (χ4n) is 0.859. The molecule has 0 aliphatic heterocycles. The first-order chi connectivity index (χ1) is 8.18. The standard InChI is InChI=1S/C6Cl6N4O2/c7-5(8,9)3-13-1(15-17-3)2-14-4(18-16-2)6(10,11)12. The SMILES string of the molecule is ClC(Cl)(Cl)c1nc(-c2noc(C(Cl)(Cl)Cl)n2)no1. The zero-order valence-electron chi connectivity index (χ0n) is 7.87. The van der Waals surface area contributed by atoms with Crippen molar-refractivity contribution >= 4 is 69.6 Å². The molecule has 18 heavy (non-hydrogen) atoms. The van der Waals surface area contributed by atoms with Crippen LogP contribution >= 0.6 is 69.6 Å². The summed E-state index contributed by atoms with van der Waals surface area (Å²) in [6.45, 7) is 0. The number of rotatable bonds is 1. The van der Waals surface area contributed by atoms with Gasteiger partial charge in [-0.3, -0.25) is 0 Å². The summed E-state index contributed by atoms with van der Waals surface area (Å²) in [5.41, 5.74) is 0. The van der Waals surface area contributed by atoms with Crippen molar-refractivity contribution in [3.05, 3.63) is 11.8 Å². The topological polar surface area (TPSA) is 77.8 Å². The lowest BCUT2D eigenvalue weighted by Crippen LogP contribution is -2.01. The van der Waals surface area contributed by atoms with E-state index in [4.69, 9.17) is 78.7 Å². The molecule has 2 rings (SSSR count). The first kappa shape index (κ1) is 14.4. The zero-order chi connectivity index (χ0) is 13.6. The second kappa shape index (κ2) is 4.85. The maximum atomic E-state index is 5.54. The summed E-state index contributed by atoms with van der Waals surface area (Å²) in [4.78, 5) is 7.52. The van der Waals surface area contributed by atoms with Gasteiger partial charge in [-0.15, -0.1) is 0 Å². The lowest BCUT2D eigenvalue weighted by atomic mass is 10.6. The lowest BCUT2D eigenvalue weighted by Gasteiger charge is -2.01. The van der Waals surface area contributed by atoms with Gasteiger partial charge in [-0.25, -0.2) is 0 Å².